The van der Waals surface area contributed by atoms with Crippen LogP contribution in [0.25, 0.3) is 6.08 Å². The molecule has 1 heterocycles. The molecule has 0 N–H and O–H groups in total. The number of carbonyl (C=O) groups excluding carboxylic acids is 1. The zero-order chi connectivity index (χ0) is 18.1. The Morgan fingerprint density at radius 3 is 2.44 bits per heavy atom. The monoisotopic (exact) mass is 410 g/mol. The van der Waals surface area contributed by atoms with Gasteiger partial charge in [-0.25, -0.2) is 0 Å². The van der Waals surface area contributed by atoms with Crippen molar-refractivity contribution in [1.29, 1.82) is 0 Å². The average Bonchev–Trinajstić information content (AvgIpc) is 2.82. The molecule has 126 valence electrons. The summed E-state index contributed by atoms with van der Waals surface area (Å²) in [6, 6.07) is 10.7. The number of nitro benzene ring substituents is 1. The molecule has 0 unspecified atom stereocenters. The Morgan fingerprint density at radius 2 is 1.84 bits per heavy atom. The van der Waals surface area contributed by atoms with Crippen LogP contribution in [0.4, 0.5) is 11.4 Å². The molecule has 3 rings (SSSR count). The van der Waals surface area contributed by atoms with E-state index in [0.717, 1.165) is 11.8 Å². The van der Waals surface area contributed by atoms with Crippen LogP contribution in [-0.2, 0) is 4.79 Å². The summed E-state index contributed by atoms with van der Waals surface area (Å²) in [5.41, 5.74) is 1.10. The maximum atomic E-state index is 12.7. The number of amides is 1. The van der Waals surface area contributed by atoms with Crippen molar-refractivity contribution in [3.8, 4) is 0 Å². The minimum atomic E-state index is -0.480. The molecule has 1 aliphatic heterocycles. The van der Waals surface area contributed by atoms with Crippen LogP contribution in [0, 0.1) is 10.1 Å². The van der Waals surface area contributed by atoms with Gasteiger partial charge in [0.1, 0.15) is 0 Å². The van der Waals surface area contributed by atoms with Crippen molar-refractivity contribution in [3.63, 3.8) is 0 Å². The molecule has 0 atom stereocenters. The largest absolute Gasteiger partial charge is 0.270 e. The summed E-state index contributed by atoms with van der Waals surface area (Å²) in [5, 5.41) is 11.5. The van der Waals surface area contributed by atoms with E-state index in [4.69, 9.17) is 35.4 Å². The molecule has 0 spiro atoms. The standard InChI is InChI=1S/C16H8Cl2N2O3S2/c17-10-3-6-13(12(18)8-10)19-15(21)14(25-16(19)24)7-9-1-4-11(5-2-9)20(22)23/h1-8H. The fourth-order valence-corrected chi connectivity index (χ4v) is 3.96. The van der Waals surface area contributed by atoms with Crippen LogP contribution in [0.5, 0.6) is 0 Å². The van der Waals surface area contributed by atoms with Crippen molar-refractivity contribution in [2.75, 3.05) is 4.90 Å². The number of thioether (sulfide) groups is 1. The molecule has 0 aliphatic carbocycles. The number of nitro groups is 1. The second kappa shape index (κ2) is 7.13. The third kappa shape index (κ3) is 3.69. The molecular formula is C16H8Cl2N2O3S2. The van der Waals surface area contributed by atoms with Gasteiger partial charge in [0.2, 0.25) is 0 Å². The summed E-state index contributed by atoms with van der Waals surface area (Å²) in [6.45, 7) is 0. The Bertz CT molecular complexity index is 929. The normalized spacial score (nSPS) is 15.9. The Labute approximate surface area is 162 Å². The minimum absolute atomic E-state index is 0.0161. The van der Waals surface area contributed by atoms with E-state index in [1.807, 2.05) is 0 Å². The maximum Gasteiger partial charge on any atom is 0.270 e. The van der Waals surface area contributed by atoms with Crippen molar-refractivity contribution >= 4 is 74.9 Å². The molecule has 1 saturated heterocycles. The fraction of sp³-hybridized carbons (Fsp3) is 0. The lowest BCUT2D eigenvalue weighted by atomic mass is 10.2. The van der Waals surface area contributed by atoms with Gasteiger partial charge in [-0.3, -0.25) is 19.8 Å². The summed E-state index contributed by atoms with van der Waals surface area (Å²) in [5.74, 6) is -0.308. The van der Waals surface area contributed by atoms with E-state index < -0.39 is 4.92 Å². The lowest BCUT2D eigenvalue weighted by Crippen LogP contribution is -2.27. The van der Waals surface area contributed by atoms with Crippen molar-refractivity contribution in [1.82, 2.24) is 0 Å². The summed E-state index contributed by atoms with van der Waals surface area (Å²) in [6.07, 6.45) is 1.63. The zero-order valence-electron chi connectivity index (χ0n) is 12.3. The van der Waals surface area contributed by atoms with Gasteiger partial charge in [-0.05, 0) is 42.0 Å². The molecule has 0 aromatic heterocycles. The van der Waals surface area contributed by atoms with E-state index in [0.29, 0.717) is 30.5 Å². The average molecular weight is 411 g/mol. The van der Waals surface area contributed by atoms with Crippen LogP contribution >= 0.6 is 47.2 Å². The van der Waals surface area contributed by atoms with Crippen molar-refractivity contribution in [2.24, 2.45) is 0 Å². The highest BCUT2D eigenvalue weighted by molar-refractivity contribution is 8.27. The molecule has 9 heteroatoms. The predicted molar refractivity (Wildman–Crippen MR) is 105 cm³/mol. The summed E-state index contributed by atoms with van der Waals surface area (Å²) in [4.78, 5) is 24.6. The van der Waals surface area contributed by atoms with Gasteiger partial charge in [-0.2, -0.15) is 0 Å². The van der Waals surface area contributed by atoms with E-state index in [1.165, 1.54) is 23.1 Å². The maximum absolute atomic E-state index is 12.7. The first kappa shape index (κ1) is 17.9. The highest BCUT2D eigenvalue weighted by atomic mass is 35.5. The molecule has 25 heavy (non-hydrogen) atoms. The van der Waals surface area contributed by atoms with Crippen molar-refractivity contribution in [3.05, 3.63) is 73.1 Å². The van der Waals surface area contributed by atoms with Gasteiger partial charge in [-0.1, -0.05) is 47.2 Å². The Balaban J connectivity index is 1.91. The third-order valence-electron chi connectivity index (χ3n) is 3.35. The van der Waals surface area contributed by atoms with Gasteiger partial charge < -0.3 is 0 Å². The van der Waals surface area contributed by atoms with Gasteiger partial charge in [0.25, 0.3) is 11.6 Å². The van der Waals surface area contributed by atoms with E-state index in [2.05, 4.69) is 0 Å². The number of benzene rings is 2. The van der Waals surface area contributed by atoms with E-state index >= 15 is 0 Å². The highest BCUT2D eigenvalue weighted by Gasteiger charge is 2.34. The van der Waals surface area contributed by atoms with Gasteiger partial charge >= 0.3 is 0 Å². The molecule has 0 bridgehead atoms. The topological polar surface area (TPSA) is 63.4 Å². The second-order valence-corrected chi connectivity index (χ2v) is 7.48. The Morgan fingerprint density at radius 1 is 1.16 bits per heavy atom. The first-order valence-electron chi connectivity index (χ1n) is 6.84. The van der Waals surface area contributed by atoms with Gasteiger partial charge in [0.15, 0.2) is 4.32 Å². The summed E-state index contributed by atoms with van der Waals surface area (Å²) in [7, 11) is 0. The van der Waals surface area contributed by atoms with Crippen molar-refractivity contribution < 1.29 is 9.72 Å². The number of non-ortho nitro benzene ring substituents is 1. The molecule has 2 aromatic rings. The lowest BCUT2D eigenvalue weighted by Gasteiger charge is -2.16. The highest BCUT2D eigenvalue weighted by Crippen LogP contribution is 2.39. The van der Waals surface area contributed by atoms with Crippen molar-refractivity contribution in [2.45, 2.75) is 0 Å². The number of hydrogen-bond acceptors (Lipinski definition) is 5. The summed E-state index contributed by atoms with van der Waals surface area (Å²) >= 11 is 18.5. The number of hydrogen-bond donors (Lipinski definition) is 0. The van der Waals surface area contributed by atoms with E-state index in [-0.39, 0.29) is 11.6 Å². The predicted octanol–water partition coefficient (Wildman–Crippen LogP) is 5.31. The quantitative estimate of drug-likeness (QED) is 0.297. The number of nitrogens with zero attached hydrogens (tertiary/aromatic N) is 2. The lowest BCUT2D eigenvalue weighted by molar-refractivity contribution is -0.384. The summed E-state index contributed by atoms with van der Waals surface area (Å²) < 4.78 is 0.349. The SMILES string of the molecule is O=C1C(=Cc2ccc([N+](=O)[O-])cc2)SC(=S)N1c1ccc(Cl)cc1Cl. The number of carbonyl (C=O) groups is 1. The number of rotatable bonds is 3. The molecule has 0 radical (unpaired) electrons. The van der Waals surface area contributed by atoms with Crippen LogP contribution in [0.3, 0.4) is 0 Å². The first-order valence-corrected chi connectivity index (χ1v) is 8.82. The van der Waals surface area contributed by atoms with Gasteiger partial charge in [0, 0.05) is 17.2 Å². The first-order chi connectivity index (χ1) is 11.9. The smallest absolute Gasteiger partial charge is 0.268 e. The molecule has 5 nitrogen and oxygen atoms in total. The number of halogens is 2. The van der Waals surface area contributed by atoms with Crippen LogP contribution in [0.1, 0.15) is 5.56 Å². The molecule has 1 aliphatic rings. The molecule has 1 amide bonds. The zero-order valence-corrected chi connectivity index (χ0v) is 15.5. The van der Waals surface area contributed by atoms with Gasteiger partial charge in [0.05, 0.1) is 20.5 Å². The number of anilines is 1. The van der Waals surface area contributed by atoms with E-state index in [9.17, 15) is 14.9 Å². The molecular weight excluding hydrogens is 403 g/mol. The fourth-order valence-electron chi connectivity index (χ4n) is 2.18. The van der Waals surface area contributed by atoms with Crippen LogP contribution < -0.4 is 4.90 Å². The Kier molecular flexibility index (Phi) is 5.10. The van der Waals surface area contributed by atoms with Gasteiger partial charge in [-0.15, -0.1) is 0 Å². The second-order valence-electron chi connectivity index (χ2n) is 4.96. The van der Waals surface area contributed by atoms with Crippen LogP contribution in [-0.4, -0.2) is 15.2 Å². The number of thiocarbonyl (C=S) groups is 1. The molecule has 2 aromatic carbocycles. The minimum Gasteiger partial charge on any atom is -0.268 e. The van der Waals surface area contributed by atoms with Crippen LogP contribution in [0.15, 0.2) is 47.4 Å². The Hall–Kier alpha value is -1.93. The van der Waals surface area contributed by atoms with Crippen LogP contribution in [0.2, 0.25) is 10.0 Å². The van der Waals surface area contributed by atoms with E-state index in [1.54, 1.807) is 30.3 Å². The third-order valence-corrected chi connectivity index (χ3v) is 5.19. The molecule has 1 fully saturated rings. The molecule has 0 saturated carbocycles.